The standard InChI is InChI=1S/C14H18FNO4S/c1-2-8-14(13(17)18)9-3-10-16(14)21(19,20)12-6-4-11(15)5-7-12/h4-7H,2-3,8-10H2,1H3,(H,17,18). The molecule has 0 bridgehead atoms. The predicted octanol–water partition coefficient (Wildman–Crippen LogP) is 2.23. The van der Waals surface area contributed by atoms with Crippen LogP contribution < -0.4 is 0 Å². The topological polar surface area (TPSA) is 74.7 Å². The summed E-state index contributed by atoms with van der Waals surface area (Å²) < 4.78 is 39.4. The first-order chi connectivity index (χ1) is 9.84. The average Bonchev–Trinajstić information content (AvgIpc) is 2.85. The lowest BCUT2D eigenvalue weighted by atomic mass is 9.92. The van der Waals surface area contributed by atoms with E-state index in [0.29, 0.717) is 19.3 Å². The Kier molecular flexibility index (Phi) is 4.34. The summed E-state index contributed by atoms with van der Waals surface area (Å²) in [7, 11) is -3.94. The second-order valence-corrected chi connectivity index (χ2v) is 7.08. The number of aliphatic carboxylic acids is 1. The number of carboxylic acid groups (broad SMARTS) is 1. The van der Waals surface area contributed by atoms with Gasteiger partial charge in [0.1, 0.15) is 11.4 Å². The number of carboxylic acids is 1. The maximum Gasteiger partial charge on any atom is 0.325 e. The Labute approximate surface area is 123 Å². The van der Waals surface area contributed by atoms with Crippen LogP contribution in [0.4, 0.5) is 4.39 Å². The molecule has 116 valence electrons. The van der Waals surface area contributed by atoms with Gasteiger partial charge < -0.3 is 5.11 Å². The quantitative estimate of drug-likeness (QED) is 0.904. The zero-order chi connectivity index (χ0) is 15.7. The van der Waals surface area contributed by atoms with Crippen LogP contribution in [-0.2, 0) is 14.8 Å². The van der Waals surface area contributed by atoms with Crippen LogP contribution in [0.2, 0.25) is 0 Å². The number of sulfonamides is 1. The molecule has 1 aromatic carbocycles. The molecule has 1 aliphatic rings. The fraction of sp³-hybridized carbons (Fsp3) is 0.500. The van der Waals surface area contributed by atoms with Crippen molar-refractivity contribution in [1.82, 2.24) is 4.31 Å². The van der Waals surface area contributed by atoms with Crippen molar-refractivity contribution < 1.29 is 22.7 Å². The molecule has 7 heteroatoms. The zero-order valence-electron chi connectivity index (χ0n) is 11.8. The molecule has 2 rings (SSSR count). The lowest BCUT2D eigenvalue weighted by Gasteiger charge is -2.33. The van der Waals surface area contributed by atoms with Gasteiger partial charge in [-0.1, -0.05) is 13.3 Å². The van der Waals surface area contributed by atoms with Gasteiger partial charge in [-0.3, -0.25) is 4.79 Å². The molecule has 1 aliphatic heterocycles. The molecule has 1 N–H and O–H groups in total. The summed E-state index contributed by atoms with van der Waals surface area (Å²) >= 11 is 0. The third kappa shape index (κ3) is 2.67. The molecule has 1 heterocycles. The van der Waals surface area contributed by atoms with Gasteiger partial charge in [0.25, 0.3) is 0 Å². The maximum absolute atomic E-state index is 13.0. The molecule has 5 nitrogen and oxygen atoms in total. The number of benzene rings is 1. The summed E-state index contributed by atoms with van der Waals surface area (Å²) in [5.74, 6) is -1.65. The zero-order valence-corrected chi connectivity index (χ0v) is 12.6. The Balaban J connectivity index is 2.47. The number of rotatable bonds is 5. The van der Waals surface area contributed by atoms with Gasteiger partial charge in [0.05, 0.1) is 4.90 Å². The van der Waals surface area contributed by atoms with Crippen LogP contribution in [0.3, 0.4) is 0 Å². The molecule has 0 aromatic heterocycles. The maximum atomic E-state index is 13.0. The smallest absolute Gasteiger partial charge is 0.325 e. The largest absolute Gasteiger partial charge is 0.480 e. The van der Waals surface area contributed by atoms with Crippen molar-refractivity contribution in [3.63, 3.8) is 0 Å². The number of nitrogens with zero attached hydrogens (tertiary/aromatic N) is 1. The predicted molar refractivity (Wildman–Crippen MR) is 74.8 cm³/mol. The van der Waals surface area contributed by atoms with Crippen LogP contribution in [0.1, 0.15) is 32.6 Å². The van der Waals surface area contributed by atoms with Gasteiger partial charge in [-0.25, -0.2) is 12.8 Å². The van der Waals surface area contributed by atoms with Crippen molar-refractivity contribution in [3.8, 4) is 0 Å². The van der Waals surface area contributed by atoms with E-state index >= 15 is 0 Å². The van der Waals surface area contributed by atoms with Crippen molar-refractivity contribution in [1.29, 1.82) is 0 Å². The van der Waals surface area contributed by atoms with E-state index in [1.54, 1.807) is 0 Å². The summed E-state index contributed by atoms with van der Waals surface area (Å²) in [4.78, 5) is 11.6. The first-order valence-corrected chi connectivity index (χ1v) is 8.30. The van der Waals surface area contributed by atoms with Crippen LogP contribution in [0.5, 0.6) is 0 Å². The molecular weight excluding hydrogens is 297 g/mol. The van der Waals surface area contributed by atoms with Gasteiger partial charge >= 0.3 is 5.97 Å². The lowest BCUT2D eigenvalue weighted by molar-refractivity contribution is -0.147. The first kappa shape index (κ1) is 15.9. The minimum absolute atomic E-state index is 0.0764. The van der Waals surface area contributed by atoms with Gasteiger partial charge in [0.2, 0.25) is 10.0 Å². The van der Waals surface area contributed by atoms with Gasteiger partial charge in [-0.05, 0) is 43.5 Å². The monoisotopic (exact) mass is 315 g/mol. The van der Waals surface area contributed by atoms with Crippen LogP contribution in [-0.4, -0.2) is 35.9 Å². The SMILES string of the molecule is CCCC1(C(=O)O)CCCN1S(=O)(=O)c1ccc(F)cc1. The number of hydrogen-bond donors (Lipinski definition) is 1. The molecule has 1 fully saturated rings. The van der Waals surface area contributed by atoms with Crippen molar-refractivity contribution in [2.75, 3.05) is 6.54 Å². The second-order valence-electron chi connectivity index (χ2n) is 5.22. The fourth-order valence-corrected chi connectivity index (χ4v) is 4.75. The van der Waals surface area contributed by atoms with Gasteiger partial charge in [0, 0.05) is 6.54 Å². The molecule has 0 spiro atoms. The Morgan fingerprint density at radius 2 is 2.00 bits per heavy atom. The van der Waals surface area contributed by atoms with Crippen molar-refractivity contribution in [2.45, 2.75) is 43.0 Å². The van der Waals surface area contributed by atoms with Gasteiger partial charge in [-0.2, -0.15) is 4.31 Å². The fourth-order valence-electron chi connectivity index (χ4n) is 2.92. The Hall–Kier alpha value is -1.47. The van der Waals surface area contributed by atoms with Crippen molar-refractivity contribution >= 4 is 16.0 Å². The first-order valence-electron chi connectivity index (χ1n) is 6.86. The Morgan fingerprint density at radius 3 is 2.52 bits per heavy atom. The number of carbonyl (C=O) groups is 1. The molecule has 1 aromatic rings. The highest BCUT2D eigenvalue weighted by molar-refractivity contribution is 7.89. The van der Waals surface area contributed by atoms with E-state index in [0.717, 1.165) is 16.4 Å². The third-order valence-corrected chi connectivity index (χ3v) is 5.87. The Morgan fingerprint density at radius 1 is 1.38 bits per heavy atom. The molecule has 1 atom stereocenters. The van der Waals surface area contributed by atoms with E-state index in [9.17, 15) is 22.7 Å². The molecule has 0 amide bonds. The number of halogens is 1. The van der Waals surface area contributed by atoms with E-state index in [4.69, 9.17) is 0 Å². The lowest BCUT2D eigenvalue weighted by Crippen LogP contribution is -2.52. The van der Waals surface area contributed by atoms with Crippen LogP contribution in [0.25, 0.3) is 0 Å². The highest BCUT2D eigenvalue weighted by atomic mass is 32.2. The Bertz CT molecular complexity index is 629. The van der Waals surface area contributed by atoms with E-state index in [1.165, 1.54) is 12.1 Å². The van der Waals surface area contributed by atoms with E-state index < -0.39 is 27.3 Å². The van der Waals surface area contributed by atoms with Crippen molar-refractivity contribution in [2.24, 2.45) is 0 Å². The molecule has 1 unspecified atom stereocenters. The third-order valence-electron chi connectivity index (χ3n) is 3.89. The van der Waals surface area contributed by atoms with Crippen LogP contribution in [0.15, 0.2) is 29.2 Å². The van der Waals surface area contributed by atoms with Gasteiger partial charge in [0.15, 0.2) is 0 Å². The normalized spacial score (nSPS) is 23.3. The molecule has 21 heavy (non-hydrogen) atoms. The highest BCUT2D eigenvalue weighted by Crippen LogP contribution is 2.38. The van der Waals surface area contributed by atoms with E-state index in [-0.39, 0.29) is 17.9 Å². The minimum atomic E-state index is -3.94. The summed E-state index contributed by atoms with van der Waals surface area (Å²) in [6.45, 7) is 2.00. The number of hydrogen-bond acceptors (Lipinski definition) is 3. The minimum Gasteiger partial charge on any atom is -0.480 e. The average molecular weight is 315 g/mol. The second kappa shape index (κ2) is 5.73. The molecule has 0 saturated carbocycles. The molecule has 1 saturated heterocycles. The summed E-state index contributed by atoms with van der Waals surface area (Å²) in [5.41, 5.74) is -1.39. The molecule has 0 aliphatic carbocycles. The highest BCUT2D eigenvalue weighted by Gasteiger charge is 2.52. The van der Waals surface area contributed by atoms with E-state index in [1.807, 2.05) is 6.92 Å². The summed E-state index contributed by atoms with van der Waals surface area (Å²) in [6.07, 6.45) is 1.65. The van der Waals surface area contributed by atoms with Gasteiger partial charge in [-0.15, -0.1) is 0 Å². The van der Waals surface area contributed by atoms with Crippen LogP contribution >= 0.6 is 0 Å². The summed E-state index contributed by atoms with van der Waals surface area (Å²) in [5, 5.41) is 9.55. The van der Waals surface area contributed by atoms with Crippen LogP contribution in [0, 0.1) is 5.82 Å². The van der Waals surface area contributed by atoms with Crippen molar-refractivity contribution in [3.05, 3.63) is 30.1 Å². The summed E-state index contributed by atoms with van der Waals surface area (Å²) in [6, 6.07) is 4.46. The van der Waals surface area contributed by atoms with E-state index in [2.05, 4.69) is 0 Å². The molecule has 0 radical (unpaired) electrons. The molecular formula is C14H18FNO4S.